The minimum Gasteiger partial charge on any atom is -0.339 e. The molecule has 1 aromatic rings. The summed E-state index contributed by atoms with van der Waals surface area (Å²) >= 11 is 0. The maximum Gasteiger partial charge on any atom is 0.228 e. The van der Waals surface area contributed by atoms with Crippen LogP contribution in [-0.4, -0.2) is 23.2 Å². The van der Waals surface area contributed by atoms with E-state index in [1.54, 1.807) is 0 Å². The van der Waals surface area contributed by atoms with Gasteiger partial charge in [0.1, 0.15) is 0 Å². The van der Waals surface area contributed by atoms with Crippen LogP contribution in [0.1, 0.15) is 70.5 Å². The summed E-state index contributed by atoms with van der Waals surface area (Å²) in [6, 6.07) is 0.426. The first-order chi connectivity index (χ1) is 9.62. The van der Waals surface area contributed by atoms with E-state index in [1.807, 2.05) is 7.05 Å². The lowest BCUT2D eigenvalue weighted by Gasteiger charge is -2.15. The van der Waals surface area contributed by atoms with Gasteiger partial charge in [0.05, 0.1) is 0 Å². The second-order valence-corrected chi connectivity index (χ2v) is 6.65. The number of hydrogen-bond acceptors (Lipinski definition) is 4. The molecular formula is C16H29N3O. The first kappa shape index (κ1) is 15.5. The topological polar surface area (TPSA) is 51.0 Å². The third kappa shape index (κ3) is 4.05. The van der Waals surface area contributed by atoms with Crippen LogP contribution in [0.2, 0.25) is 0 Å². The van der Waals surface area contributed by atoms with Gasteiger partial charge in [0.2, 0.25) is 5.89 Å². The van der Waals surface area contributed by atoms with Gasteiger partial charge in [-0.15, -0.1) is 0 Å². The van der Waals surface area contributed by atoms with E-state index in [0.717, 1.165) is 30.5 Å². The van der Waals surface area contributed by atoms with E-state index in [0.29, 0.717) is 17.9 Å². The first-order valence-electron chi connectivity index (χ1n) is 8.12. The molecule has 3 atom stereocenters. The van der Waals surface area contributed by atoms with Crippen molar-refractivity contribution < 1.29 is 4.52 Å². The Morgan fingerprint density at radius 3 is 2.75 bits per heavy atom. The molecule has 1 fully saturated rings. The number of rotatable bonds is 7. The summed E-state index contributed by atoms with van der Waals surface area (Å²) in [4.78, 5) is 4.64. The molecule has 1 aliphatic rings. The molecule has 1 heterocycles. The summed E-state index contributed by atoms with van der Waals surface area (Å²) in [7, 11) is 2.01. The normalized spacial score (nSPS) is 24.4. The molecule has 0 bridgehead atoms. The number of aromatic nitrogens is 2. The molecule has 4 nitrogen and oxygen atoms in total. The van der Waals surface area contributed by atoms with Crippen molar-refractivity contribution in [3.05, 3.63) is 11.7 Å². The minimum atomic E-state index is 0.426. The molecule has 0 spiro atoms. The standard InChI is InChI=1S/C16H29N3O/c1-5-12-6-7-13(9-12)16-18-15(20-19-16)10-14(17-4)8-11(2)3/h11-14,17H,5-10H2,1-4H3. The van der Waals surface area contributed by atoms with Crippen LogP contribution in [-0.2, 0) is 6.42 Å². The molecule has 4 heteroatoms. The summed E-state index contributed by atoms with van der Waals surface area (Å²) < 4.78 is 5.46. The van der Waals surface area contributed by atoms with E-state index in [2.05, 4.69) is 36.2 Å². The summed E-state index contributed by atoms with van der Waals surface area (Å²) in [6.45, 7) is 6.76. The molecule has 0 radical (unpaired) electrons. The highest BCUT2D eigenvalue weighted by Crippen LogP contribution is 2.38. The Bertz CT molecular complexity index is 402. The second kappa shape index (κ2) is 7.21. The van der Waals surface area contributed by atoms with Crippen LogP contribution in [0.3, 0.4) is 0 Å². The summed E-state index contributed by atoms with van der Waals surface area (Å²) in [5.74, 6) is 3.79. The van der Waals surface area contributed by atoms with Gasteiger partial charge in [0, 0.05) is 18.4 Å². The molecule has 0 saturated heterocycles. The largest absolute Gasteiger partial charge is 0.339 e. The van der Waals surface area contributed by atoms with Crippen molar-refractivity contribution in [3.8, 4) is 0 Å². The lowest BCUT2D eigenvalue weighted by molar-refractivity contribution is 0.340. The zero-order valence-electron chi connectivity index (χ0n) is 13.4. The Morgan fingerprint density at radius 2 is 2.15 bits per heavy atom. The fraction of sp³-hybridized carbons (Fsp3) is 0.875. The van der Waals surface area contributed by atoms with Gasteiger partial charge in [-0.05, 0) is 44.6 Å². The lowest BCUT2D eigenvalue weighted by Crippen LogP contribution is -2.29. The molecular weight excluding hydrogens is 250 g/mol. The minimum absolute atomic E-state index is 0.426. The molecule has 3 unspecified atom stereocenters. The maximum absolute atomic E-state index is 5.46. The van der Waals surface area contributed by atoms with Gasteiger partial charge in [-0.25, -0.2) is 0 Å². The van der Waals surface area contributed by atoms with Gasteiger partial charge < -0.3 is 9.84 Å². The van der Waals surface area contributed by atoms with Gasteiger partial charge in [-0.2, -0.15) is 4.98 Å². The van der Waals surface area contributed by atoms with E-state index in [4.69, 9.17) is 4.52 Å². The van der Waals surface area contributed by atoms with Gasteiger partial charge in [-0.1, -0.05) is 32.3 Å². The van der Waals surface area contributed by atoms with Gasteiger partial charge in [0.15, 0.2) is 5.82 Å². The van der Waals surface area contributed by atoms with Crippen LogP contribution in [0.15, 0.2) is 4.52 Å². The van der Waals surface area contributed by atoms with Crippen molar-refractivity contribution >= 4 is 0 Å². The predicted molar refractivity (Wildman–Crippen MR) is 80.7 cm³/mol. The zero-order chi connectivity index (χ0) is 14.5. The van der Waals surface area contributed by atoms with E-state index >= 15 is 0 Å². The predicted octanol–water partition coefficient (Wildman–Crippen LogP) is 3.54. The number of hydrogen-bond donors (Lipinski definition) is 1. The molecule has 1 aliphatic carbocycles. The van der Waals surface area contributed by atoms with Crippen molar-refractivity contribution in [1.29, 1.82) is 0 Å². The van der Waals surface area contributed by atoms with Gasteiger partial charge in [-0.3, -0.25) is 0 Å². The van der Waals surface area contributed by atoms with Crippen molar-refractivity contribution in [1.82, 2.24) is 15.5 Å². The maximum atomic E-state index is 5.46. The Kier molecular flexibility index (Phi) is 5.58. The Morgan fingerprint density at radius 1 is 1.35 bits per heavy atom. The van der Waals surface area contributed by atoms with E-state index in [1.165, 1.54) is 25.7 Å². The number of nitrogens with zero attached hydrogens (tertiary/aromatic N) is 2. The second-order valence-electron chi connectivity index (χ2n) is 6.65. The van der Waals surface area contributed by atoms with Crippen LogP contribution in [0, 0.1) is 11.8 Å². The van der Waals surface area contributed by atoms with Gasteiger partial charge in [0.25, 0.3) is 0 Å². The Labute approximate surface area is 122 Å². The highest BCUT2D eigenvalue weighted by atomic mass is 16.5. The highest BCUT2D eigenvalue weighted by molar-refractivity contribution is 5.00. The van der Waals surface area contributed by atoms with Gasteiger partial charge >= 0.3 is 0 Å². The number of likely N-dealkylation sites (N-methyl/N-ethyl adjacent to an activating group) is 1. The zero-order valence-corrected chi connectivity index (χ0v) is 13.4. The van der Waals surface area contributed by atoms with Crippen molar-refractivity contribution in [2.24, 2.45) is 11.8 Å². The molecule has 1 N–H and O–H groups in total. The van der Waals surface area contributed by atoms with Crippen LogP contribution >= 0.6 is 0 Å². The van der Waals surface area contributed by atoms with Crippen molar-refractivity contribution in [2.45, 2.75) is 71.3 Å². The molecule has 2 rings (SSSR count). The van der Waals surface area contributed by atoms with Crippen molar-refractivity contribution in [3.63, 3.8) is 0 Å². The Hall–Kier alpha value is -0.900. The average Bonchev–Trinajstić information content (AvgIpc) is 3.05. The van der Waals surface area contributed by atoms with E-state index < -0.39 is 0 Å². The fourth-order valence-corrected chi connectivity index (χ4v) is 3.28. The van der Waals surface area contributed by atoms with Crippen LogP contribution < -0.4 is 5.32 Å². The van der Waals surface area contributed by atoms with Crippen molar-refractivity contribution in [2.75, 3.05) is 7.05 Å². The molecule has 0 amide bonds. The third-order valence-electron chi connectivity index (χ3n) is 4.55. The molecule has 114 valence electrons. The molecule has 0 aromatic carbocycles. The molecule has 0 aliphatic heterocycles. The highest BCUT2D eigenvalue weighted by Gasteiger charge is 2.28. The third-order valence-corrected chi connectivity index (χ3v) is 4.55. The van der Waals surface area contributed by atoms with Crippen LogP contribution in [0.25, 0.3) is 0 Å². The lowest BCUT2D eigenvalue weighted by atomic mass is 10.0. The fourth-order valence-electron chi connectivity index (χ4n) is 3.28. The van der Waals surface area contributed by atoms with Crippen LogP contribution in [0.5, 0.6) is 0 Å². The SMILES string of the molecule is CCC1CCC(c2noc(CC(CC(C)C)NC)n2)C1. The van der Waals surface area contributed by atoms with Crippen LogP contribution in [0.4, 0.5) is 0 Å². The molecule has 1 saturated carbocycles. The average molecular weight is 279 g/mol. The molecule has 1 aromatic heterocycles. The molecule has 20 heavy (non-hydrogen) atoms. The van der Waals surface area contributed by atoms with E-state index in [9.17, 15) is 0 Å². The number of nitrogens with one attached hydrogen (secondary N) is 1. The summed E-state index contributed by atoms with van der Waals surface area (Å²) in [5.41, 5.74) is 0. The quantitative estimate of drug-likeness (QED) is 0.829. The smallest absolute Gasteiger partial charge is 0.228 e. The van der Waals surface area contributed by atoms with E-state index in [-0.39, 0.29) is 0 Å². The summed E-state index contributed by atoms with van der Waals surface area (Å²) in [6.07, 6.45) is 7.02. The summed E-state index contributed by atoms with van der Waals surface area (Å²) in [5, 5.41) is 7.57. The monoisotopic (exact) mass is 279 g/mol. The first-order valence-corrected chi connectivity index (χ1v) is 8.12. The Balaban J connectivity index is 1.91.